The molecule has 0 radical (unpaired) electrons. The molecule has 2 N–H and O–H groups in total. The third kappa shape index (κ3) is 7.08. The van der Waals surface area contributed by atoms with Gasteiger partial charge >= 0.3 is 0 Å². The van der Waals surface area contributed by atoms with E-state index in [1.807, 2.05) is 26.1 Å². The largest absolute Gasteiger partial charge is 0.488 e. The number of halogens is 2. The first-order valence-corrected chi connectivity index (χ1v) is 15.1. The molecule has 3 atom stereocenters. The minimum atomic E-state index is -3.86. The number of sulfonamides is 1. The highest BCUT2D eigenvalue weighted by Gasteiger charge is 2.33. The number of hydrogen-bond donors (Lipinski definition) is 2. The van der Waals surface area contributed by atoms with Gasteiger partial charge in [-0.25, -0.2) is 8.42 Å². The average molecular weight is 607 g/mol. The van der Waals surface area contributed by atoms with Gasteiger partial charge < -0.3 is 14.7 Å². The smallest absolute Gasteiger partial charge is 0.261 e. The van der Waals surface area contributed by atoms with E-state index in [0.29, 0.717) is 35.4 Å². The third-order valence-electron chi connectivity index (χ3n) is 6.90. The standard InChI is InChI=1S/C29H33Cl2N3O5S/c1-19-15-34(20(2)18-35)29(36)24-14-22(32-40(37,38)23-7-5-4-6-8-23)10-12-27(24)39-28(19)17-33(3)16-21-9-11-25(30)26(31)13-21/h4-14,19-20,28,32,35H,15-18H2,1-3H3/t19-,20-,28-/m0/s1. The van der Waals surface area contributed by atoms with Crippen LogP contribution in [0.25, 0.3) is 0 Å². The fourth-order valence-electron chi connectivity index (χ4n) is 4.64. The Morgan fingerprint density at radius 2 is 1.82 bits per heavy atom. The van der Waals surface area contributed by atoms with E-state index in [-0.39, 0.29) is 40.7 Å². The molecule has 1 amide bonds. The number of hydrogen-bond acceptors (Lipinski definition) is 6. The number of ether oxygens (including phenoxy) is 1. The molecular weight excluding hydrogens is 573 g/mol. The zero-order chi connectivity index (χ0) is 29.0. The number of nitrogens with zero attached hydrogens (tertiary/aromatic N) is 2. The van der Waals surface area contributed by atoms with Crippen LogP contribution in [0.1, 0.15) is 29.8 Å². The van der Waals surface area contributed by atoms with Gasteiger partial charge in [-0.2, -0.15) is 0 Å². The molecule has 40 heavy (non-hydrogen) atoms. The monoisotopic (exact) mass is 605 g/mol. The van der Waals surface area contributed by atoms with Crippen LogP contribution in [0, 0.1) is 5.92 Å². The van der Waals surface area contributed by atoms with Gasteiger partial charge in [0.15, 0.2) is 0 Å². The second kappa shape index (κ2) is 12.8. The van der Waals surface area contributed by atoms with Gasteiger partial charge in [-0.05, 0) is 62.0 Å². The van der Waals surface area contributed by atoms with Crippen LogP contribution < -0.4 is 9.46 Å². The van der Waals surface area contributed by atoms with Crippen molar-refractivity contribution in [1.82, 2.24) is 9.80 Å². The number of amides is 1. The highest BCUT2D eigenvalue weighted by Crippen LogP contribution is 2.32. The van der Waals surface area contributed by atoms with Crippen molar-refractivity contribution in [3.63, 3.8) is 0 Å². The molecule has 11 heteroatoms. The lowest BCUT2D eigenvalue weighted by Crippen LogP contribution is -2.49. The Morgan fingerprint density at radius 3 is 2.50 bits per heavy atom. The summed E-state index contributed by atoms with van der Waals surface area (Å²) in [6, 6.07) is 17.8. The number of carbonyl (C=O) groups excluding carboxylic acids is 1. The summed E-state index contributed by atoms with van der Waals surface area (Å²) in [7, 11) is -1.89. The van der Waals surface area contributed by atoms with Gasteiger partial charge in [0, 0.05) is 31.2 Å². The summed E-state index contributed by atoms with van der Waals surface area (Å²) in [5.41, 5.74) is 1.45. The summed E-state index contributed by atoms with van der Waals surface area (Å²) < 4.78 is 34.8. The van der Waals surface area contributed by atoms with Crippen LogP contribution in [0.4, 0.5) is 5.69 Å². The number of anilines is 1. The first-order chi connectivity index (χ1) is 19.0. The maximum atomic E-state index is 13.7. The van der Waals surface area contributed by atoms with Gasteiger partial charge in [-0.15, -0.1) is 0 Å². The molecule has 0 bridgehead atoms. The number of nitrogens with one attached hydrogen (secondary N) is 1. The minimum Gasteiger partial charge on any atom is -0.488 e. The summed E-state index contributed by atoms with van der Waals surface area (Å²) in [6.45, 7) is 5.07. The molecule has 0 aromatic heterocycles. The number of carbonyl (C=O) groups is 1. The Morgan fingerprint density at radius 1 is 1.10 bits per heavy atom. The second-order valence-electron chi connectivity index (χ2n) is 10.2. The topological polar surface area (TPSA) is 99.2 Å². The molecule has 8 nitrogen and oxygen atoms in total. The van der Waals surface area contributed by atoms with Crippen molar-refractivity contribution in [2.24, 2.45) is 5.92 Å². The van der Waals surface area contributed by atoms with E-state index in [0.717, 1.165) is 5.56 Å². The number of benzene rings is 3. The van der Waals surface area contributed by atoms with Crippen LogP contribution in [0.5, 0.6) is 5.75 Å². The summed E-state index contributed by atoms with van der Waals surface area (Å²) >= 11 is 12.3. The van der Waals surface area contributed by atoms with E-state index in [9.17, 15) is 18.3 Å². The van der Waals surface area contributed by atoms with Crippen molar-refractivity contribution in [3.05, 3.63) is 87.9 Å². The Bertz CT molecular complexity index is 1460. The molecule has 0 aliphatic carbocycles. The van der Waals surface area contributed by atoms with Crippen LogP contribution in [0.2, 0.25) is 10.0 Å². The molecule has 1 aliphatic heterocycles. The van der Waals surface area contributed by atoms with E-state index in [1.54, 1.807) is 48.2 Å². The van der Waals surface area contributed by atoms with Crippen molar-refractivity contribution in [2.45, 2.75) is 37.4 Å². The van der Waals surface area contributed by atoms with Crippen LogP contribution >= 0.6 is 23.2 Å². The molecule has 0 fully saturated rings. The SMILES string of the molecule is C[C@H]1CN([C@@H](C)CO)C(=O)c2cc(NS(=O)(=O)c3ccccc3)ccc2O[C@H]1CN(C)Cc1ccc(Cl)c(Cl)c1. The summed E-state index contributed by atoms with van der Waals surface area (Å²) in [5.74, 6) is -0.0623. The molecule has 0 saturated heterocycles. The van der Waals surface area contributed by atoms with Crippen LogP contribution in [0.3, 0.4) is 0 Å². The fourth-order valence-corrected chi connectivity index (χ4v) is 6.03. The van der Waals surface area contributed by atoms with Crippen molar-refractivity contribution < 1.29 is 23.1 Å². The lowest BCUT2D eigenvalue weighted by molar-refractivity contribution is 0.0341. The summed E-state index contributed by atoms with van der Waals surface area (Å²) in [6.07, 6.45) is -0.306. The molecule has 1 aliphatic rings. The predicted molar refractivity (Wildman–Crippen MR) is 158 cm³/mol. The third-order valence-corrected chi connectivity index (χ3v) is 9.03. The number of likely N-dealkylation sites (N-methyl/N-ethyl adjacent to an activating group) is 1. The number of aliphatic hydroxyl groups excluding tert-OH is 1. The van der Waals surface area contributed by atoms with Gasteiger partial charge in [-0.3, -0.25) is 14.4 Å². The average Bonchev–Trinajstić information content (AvgIpc) is 2.93. The van der Waals surface area contributed by atoms with E-state index < -0.39 is 16.1 Å². The van der Waals surface area contributed by atoms with Crippen LogP contribution in [0.15, 0.2) is 71.6 Å². The van der Waals surface area contributed by atoms with Gasteiger partial charge in [0.05, 0.1) is 33.2 Å². The maximum Gasteiger partial charge on any atom is 0.261 e. The van der Waals surface area contributed by atoms with Crippen molar-refractivity contribution in [2.75, 3.05) is 31.5 Å². The lowest BCUT2D eigenvalue weighted by Gasteiger charge is -2.38. The highest BCUT2D eigenvalue weighted by molar-refractivity contribution is 7.92. The maximum absolute atomic E-state index is 13.7. The first-order valence-electron chi connectivity index (χ1n) is 12.9. The lowest BCUT2D eigenvalue weighted by atomic mass is 9.99. The van der Waals surface area contributed by atoms with E-state index >= 15 is 0 Å². The number of rotatable bonds is 9. The van der Waals surface area contributed by atoms with Gasteiger partial charge in [0.1, 0.15) is 11.9 Å². The van der Waals surface area contributed by atoms with E-state index in [1.165, 1.54) is 18.2 Å². The summed E-state index contributed by atoms with van der Waals surface area (Å²) in [5, 5.41) is 10.9. The van der Waals surface area contributed by atoms with E-state index in [4.69, 9.17) is 27.9 Å². The number of aliphatic hydroxyl groups is 1. The quantitative estimate of drug-likeness (QED) is 0.350. The Labute approximate surface area is 245 Å². The normalized spacial score (nSPS) is 18.5. The Hall–Kier alpha value is -2.82. The van der Waals surface area contributed by atoms with Gasteiger partial charge in [0.25, 0.3) is 15.9 Å². The predicted octanol–water partition coefficient (Wildman–Crippen LogP) is 5.15. The zero-order valence-electron chi connectivity index (χ0n) is 22.6. The first kappa shape index (κ1) is 30.1. The van der Waals surface area contributed by atoms with Crippen LogP contribution in [-0.4, -0.2) is 68.1 Å². The van der Waals surface area contributed by atoms with Gasteiger partial charge in [-0.1, -0.05) is 54.4 Å². The molecule has 3 aromatic rings. The molecule has 1 heterocycles. The molecule has 0 saturated carbocycles. The molecule has 4 rings (SSSR count). The Balaban J connectivity index is 1.62. The molecule has 0 spiro atoms. The second-order valence-corrected chi connectivity index (χ2v) is 12.7. The van der Waals surface area contributed by atoms with E-state index in [2.05, 4.69) is 9.62 Å². The minimum absolute atomic E-state index is 0.0707. The summed E-state index contributed by atoms with van der Waals surface area (Å²) in [4.78, 5) is 17.5. The van der Waals surface area contributed by atoms with Crippen molar-refractivity contribution in [3.8, 4) is 5.75 Å². The van der Waals surface area contributed by atoms with Crippen LogP contribution in [-0.2, 0) is 16.6 Å². The number of fused-ring (bicyclic) bond motifs is 1. The molecule has 214 valence electrons. The Kier molecular flexibility index (Phi) is 9.64. The van der Waals surface area contributed by atoms with Gasteiger partial charge in [0.2, 0.25) is 0 Å². The molecule has 3 aromatic carbocycles. The highest BCUT2D eigenvalue weighted by atomic mass is 35.5. The van der Waals surface area contributed by atoms with Crippen molar-refractivity contribution in [1.29, 1.82) is 0 Å². The van der Waals surface area contributed by atoms with Crippen molar-refractivity contribution >= 4 is 44.8 Å². The molecular formula is C29H33Cl2N3O5S. The zero-order valence-corrected chi connectivity index (χ0v) is 24.9. The fraction of sp³-hybridized carbons (Fsp3) is 0.345. The molecule has 0 unspecified atom stereocenters.